The summed E-state index contributed by atoms with van der Waals surface area (Å²) in [6.45, 7) is 0.0452. The van der Waals surface area contributed by atoms with Gasteiger partial charge in [-0.1, -0.05) is 12.1 Å². The van der Waals surface area contributed by atoms with Crippen molar-refractivity contribution in [3.05, 3.63) is 53.1 Å². The fraction of sp³-hybridized carbons (Fsp3) is 0.360. The van der Waals surface area contributed by atoms with Crippen LogP contribution in [0.4, 0.5) is 0 Å². The number of carbonyl (C=O) groups excluding carboxylic acids is 2. The molecule has 1 saturated heterocycles. The van der Waals surface area contributed by atoms with E-state index in [2.05, 4.69) is 0 Å². The molecule has 10 nitrogen and oxygen atoms in total. The SMILES string of the molecule is COc1cc(C2C3C=C(C4Oc5cc(O)cc(O)c5C(=O)C4O)C4C2COC4(O)C3=O)ccc1O. The Balaban J connectivity index is 1.46. The summed E-state index contributed by atoms with van der Waals surface area (Å²) in [5.74, 6) is -6.84. The van der Waals surface area contributed by atoms with Crippen LogP contribution in [-0.4, -0.2) is 68.8 Å². The summed E-state index contributed by atoms with van der Waals surface area (Å²) in [6.07, 6.45) is -1.37. The first-order valence-electron chi connectivity index (χ1n) is 11.1. The minimum Gasteiger partial charge on any atom is -0.508 e. The second kappa shape index (κ2) is 7.20. The monoisotopic (exact) mass is 482 g/mol. The highest BCUT2D eigenvalue weighted by atomic mass is 16.6. The average molecular weight is 482 g/mol. The first-order chi connectivity index (χ1) is 16.7. The van der Waals surface area contributed by atoms with Gasteiger partial charge in [0.1, 0.15) is 22.8 Å². The summed E-state index contributed by atoms with van der Waals surface area (Å²) in [5, 5.41) is 52.0. The number of phenolic OH excluding ortho intramolecular Hbond substituents is 3. The molecule has 1 saturated carbocycles. The van der Waals surface area contributed by atoms with Gasteiger partial charge in [0, 0.05) is 29.9 Å². The van der Waals surface area contributed by atoms with Crippen LogP contribution in [0, 0.1) is 17.8 Å². The molecule has 7 rings (SSSR count). The second-order valence-corrected chi connectivity index (χ2v) is 9.35. The third-order valence-corrected chi connectivity index (χ3v) is 7.62. The van der Waals surface area contributed by atoms with Gasteiger partial charge in [0.25, 0.3) is 0 Å². The van der Waals surface area contributed by atoms with Crippen molar-refractivity contribution in [3.63, 3.8) is 0 Å². The van der Waals surface area contributed by atoms with E-state index in [1.165, 1.54) is 13.2 Å². The molecule has 7 atom stereocenters. The summed E-state index contributed by atoms with van der Waals surface area (Å²) in [4.78, 5) is 26.2. The highest BCUT2D eigenvalue weighted by Gasteiger charge is 2.69. The van der Waals surface area contributed by atoms with Crippen LogP contribution in [0.3, 0.4) is 0 Å². The lowest BCUT2D eigenvalue weighted by Crippen LogP contribution is -2.60. The number of methoxy groups -OCH3 is 1. The van der Waals surface area contributed by atoms with Gasteiger partial charge in [0.2, 0.25) is 11.6 Å². The van der Waals surface area contributed by atoms with Crippen molar-refractivity contribution in [1.29, 1.82) is 0 Å². The van der Waals surface area contributed by atoms with E-state index >= 15 is 0 Å². The molecule has 2 fully saturated rings. The Morgan fingerprint density at radius 1 is 1.09 bits per heavy atom. The van der Waals surface area contributed by atoms with Gasteiger partial charge in [-0.05, 0) is 23.3 Å². The van der Waals surface area contributed by atoms with Crippen molar-refractivity contribution in [2.75, 3.05) is 13.7 Å². The quantitative estimate of drug-likeness (QED) is 0.399. The Morgan fingerprint density at radius 2 is 1.86 bits per heavy atom. The Bertz CT molecular complexity index is 1320. The lowest BCUT2D eigenvalue weighted by molar-refractivity contribution is -0.206. The molecule has 2 aromatic carbocycles. The molecule has 2 aliphatic heterocycles. The third-order valence-electron chi connectivity index (χ3n) is 7.62. The topological polar surface area (TPSA) is 163 Å². The lowest BCUT2D eigenvalue weighted by atomic mass is 9.55. The number of carbonyl (C=O) groups is 2. The molecule has 10 heteroatoms. The van der Waals surface area contributed by atoms with Crippen molar-refractivity contribution in [2.24, 2.45) is 17.8 Å². The van der Waals surface area contributed by atoms with E-state index in [1.807, 2.05) is 0 Å². The van der Waals surface area contributed by atoms with Crippen molar-refractivity contribution in [1.82, 2.24) is 0 Å². The highest BCUT2D eigenvalue weighted by molar-refractivity contribution is 6.06. The van der Waals surface area contributed by atoms with Crippen LogP contribution < -0.4 is 9.47 Å². The maximum absolute atomic E-state index is 13.3. The number of allylic oxidation sites excluding steroid dienone is 1. The molecule has 5 N–H and O–H groups in total. The number of fused-ring (bicyclic) bond motifs is 1. The van der Waals surface area contributed by atoms with E-state index < -0.39 is 59.0 Å². The van der Waals surface area contributed by atoms with Gasteiger partial charge in [-0.2, -0.15) is 0 Å². The minimum absolute atomic E-state index is 0.0452. The Hall–Kier alpha value is -3.60. The van der Waals surface area contributed by atoms with E-state index in [0.717, 1.165) is 12.1 Å². The van der Waals surface area contributed by atoms with Crippen LogP contribution >= 0.6 is 0 Å². The van der Waals surface area contributed by atoms with Crippen molar-refractivity contribution in [2.45, 2.75) is 23.9 Å². The summed E-state index contributed by atoms with van der Waals surface area (Å²) in [5.41, 5.74) is 0.796. The summed E-state index contributed by atoms with van der Waals surface area (Å²) in [6, 6.07) is 6.91. The van der Waals surface area contributed by atoms with Gasteiger partial charge in [-0.25, -0.2) is 0 Å². The van der Waals surface area contributed by atoms with Crippen LogP contribution in [0.25, 0.3) is 0 Å². The van der Waals surface area contributed by atoms with E-state index in [0.29, 0.717) is 11.1 Å². The number of rotatable bonds is 3. The molecule has 3 aliphatic carbocycles. The second-order valence-electron chi connectivity index (χ2n) is 9.35. The Morgan fingerprint density at radius 3 is 2.60 bits per heavy atom. The molecule has 4 bridgehead atoms. The molecule has 0 amide bonds. The Labute approximate surface area is 198 Å². The van der Waals surface area contributed by atoms with Crippen LogP contribution in [0.2, 0.25) is 0 Å². The van der Waals surface area contributed by atoms with E-state index in [1.54, 1.807) is 18.2 Å². The molecule has 0 aromatic heterocycles. The molecule has 0 spiro atoms. The van der Waals surface area contributed by atoms with Gasteiger partial charge in [-0.15, -0.1) is 0 Å². The number of Topliss-reactive ketones (excluding diaryl/α,β-unsaturated/α-hetero) is 2. The minimum atomic E-state index is -2.13. The van der Waals surface area contributed by atoms with E-state index in [9.17, 15) is 35.1 Å². The van der Waals surface area contributed by atoms with Gasteiger partial charge < -0.3 is 39.7 Å². The third kappa shape index (κ3) is 2.81. The van der Waals surface area contributed by atoms with E-state index in [-0.39, 0.29) is 35.2 Å². The fourth-order valence-corrected chi connectivity index (χ4v) is 6.16. The smallest absolute Gasteiger partial charge is 0.234 e. The predicted molar refractivity (Wildman–Crippen MR) is 116 cm³/mol. The van der Waals surface area contributed by atoms with Gasteiger partial charge in [0.15, 0.2) is 29.5 Å². The zero-order valence-electron chi connectivity index (χ0n) is 18.4. The summed E-state index contributed by atoms with van der Waals surface area (Å²) < 4.78 is 16.7. The lowest BCUT2D eigenvalue weighted by Gasteiger charge is -2.50. The predicted octanol–water partition coefficient (Wildman–Crippen LogP) is 0.990. The highest BCUT2D eigenvalue weighted by Crippen LogP contribution is 2.61. The zero-order valence-corrected chi connectivity index (χ0v) is 18.4. The maximum Gasteiger partial charge on any atom is 0.234 e. The molecule has 35 heavy (non-hydrogen) atoms. The van der Waals surface area contributed by atoms with Crippen LogP contribution in [0.5, 0.6) is 28.7 Å². The van der Waals surface area contributed by atoms with Gasteiger partial charge in [-0.3, -0.25) is 9.59 Å². The van der Waals surface area contributed by atoms with Gasteiger partial charge >= 0.3 is 0 Å². The van der Waals surface area contributed by atoms with Crippen LogP contribution in [0.1, 0.15) is 21.8 Å². The normalized spacial score (nSPS) is 34.9. The number of hydrogen-bond acceptors (Lipinski definition) is 10. The van der Waals surface area contributed by atoms with Crippen LogP contribution in [-0.2, 0) is 9.53 Å². The zero-order chi connectivity index (χ0) is 24.8. The molecule has 0 radical (unpaired) electrons. The molecule has 5 aliphatic rings. The molecule has 7 unspecified atom stereocenters. The summed E-state index contributed by atoms with van der Waals surface area (Å²) >= 11 is 0. The fourth-order valence-electron chi connectivity index (χ4n) is 6.16. The first kappa shape index (κ1) is 21.9. The number of aliphatic hydroxyl groups excluding tert-OH is 1. The first-order valence-corrected chi connectivity index (χ1v) is 11.1. The number of hydrogen-bond donors (Lipinski definition) is 5. The van der Waals surface area contributed by atoms with Crippen molar-refractivity contribution >= 4 is 11.6 Å². The number of phenols is 3. The summed E-state index contributed by atoms with van der Waals surface area (Å²) in [7, 11) is 1.42. The number of ketones is 2. The number of aliphatic hydroxyl groups is 2. The van der Waals surface area contributed by atoms with Crippen LogP contribution in [0.15, 0.2) is 42.0 Å². The maximum atomic E-state index is 13.3. The number of ether oxygens (including phenoxy) is 3. The standard InChI is InChI=1S/C25H22O10/c1-33-16-4-9(2-3-14(16)27)18-11-7-12(20-13(18)8-34-25(20,32)24(11)31)23-22(30)21(29)19-15(28)5-10(26)6-17(19)35-23/h2-7,11,13,18,20,22-23,26-28,30,32H,8H2,1H3. The number of benzene rings is 2. The molecule has 182 valence electrons. The number of aromatic hydroxyl groups is 3. The Kier molecular flexibility index (Phi) is 4.51. The van der Waals surface area contributed by atoms with Crippen molar-refractivity contribution < 1.29 is 49.3 Å². The van der Waals surface area contributed by atoms with E-state index in [4.69, 9.17) is 14.2 Å². The molecular weight excluding hydrogens is 460 g/mol. The average Bonchev–Trinajstić information content (AvgIpc) is 3.14. The van der Waals surface area contributed by atoms with Gasteiger partial charge in [0.05, 0.1) is 19.6 Å². The van der Waals surface area contributed by atoms with Crippen molar-refractivity contribution in [3.8, 4) is 28.7 Å². The molecule has 2 heterocycles. The molecule has 2 aromatic rings. The molecular formula is C25H22O10. The largest absolute Gasteiger partial charge is 0.508 e.